The maximum atomic E-state index is 12.3. The van der Waals surface area contributed by atoms with E-state index in [0.717, 1.165) is 36.9 Å². The predicted molar refractivity (Wildman–Crippen MR) is 92.1 cm³/mol. The Hall–Kier alpha value is -2.43. The van der Waals surface area contributed by atoms with E-state index in [0.29, 0.717) is 11.4 Å². The Balaban J connectivity index is 1.49. The SMILES string of the molecule is Cc1ccc(OC2CCC(NC(=O)c3cccnc3C)CC2)nc1. The number of hydrogen-bond acceptors (Lipinski definition) is 4. The quantitative estimate of drug-likeness (QED) is 0.937. The first-order valence-electron chi connectivity index (χ1n) is 8.43. The zero-order valence-corrected chi connectivity index (χ0v) is 14.2. The number of carbonyl (C=O) groups excluding carboxylic acids is 1. The summed E-state index contributed by atoms with van der Waals surface area (Å²) >= 11 is 0. The molecule has 2 aromatic rings. The number of carbonyl (C=O) groups is 1. The van der Waals surface area contributed by atoms with Crippen molar-refractivity contribution in [3.05, 3.63) is 53.5 Å². The van der Waals surface area contributed by atoms with Gasteiger partial charge in [-0.3, -0.25) is 9.78 Å². The Morgan fingerprint density at radius 1 is 1.12 bits per heavy atom. The summed E-state index contributed by atoms with van der Waals surface area (Å²) in [6.45, 7) is 3.86. The van der Waals surface area contributed by atoms with E-state index < -0.39 is 0 Å². The van der Waals surface area contributed by atoms with Crippen LogP contribution in [0.3, 0.4) is 0 Å². The minimum atomic E-state index is -0.0369. The molecule has 5 heteroatoms. The first kappa shape index (κ1) is 16.4. The molecule has 0 atom stereocenters. The average Bonchev–Trinajstić information content (AvgIpc) is 2.59. The zero-order valence-electron chi connectivity index (χ0n) is 14.2. The van der Waals surface area contributed by atoms with Crippen LogP contribution in [0.25, 0.3) is 0 Å². The van der Waals surface area contributed by atoms with Crippen molar-refractivity contribution in [2.75, 3.05) is 0 Å². The minimum absolute atomic E-state index is 0.0369. The number of pyridine rings is 2. The highest BCUT2D eigenvalue weighted by molar-refractivity contribution is 5.95. The number of aryl methyl sites for hydroxylation is 2. The van der Waals surface area contributed by atoms with E-state index in [1.165, 1.54) is 0 Å². The number of aromatic nitrogens is 2. The third-order valence-corrected chi connectivity index (χ3v) is 4.43. The van der Waals surface area contributed by atoms with E-state index in [4.69, 9.17) is 4.74 Å². The molecule has 0 aliphatic heterocycles. The molecule has 1 saturated carbocycles. The van der Waals surface area contributed by atoms with Crippen LogP contribution < -0.4 is 10.1 Å². The highest BCUT2D eigenvalue weighted by Crippen LogP contribution is 2.23. The maximum Gasteiger partial charge on any atom is 0.253 e. The van der Waals surface area contributed by atoms with Gasteiger partial charge in [0.15, 0.2) is 0 Å². The Morgan fingerprint density at radius 2 is 1.92 bits per heavy atom. The van der Waals surface area contributed by atoms with Crippen LogP contribution in [0.5, 0.6) is 5.88 Å². The second kappa shape index (κ2) is 7.43. The predicted octanol–water partition coefficient (Wildman–Crippen LogP) is 3.21. The Morgan fingerprint density at radius 3 is 2.58 bits per heavy atom. The molecule has 1 aliphatic carbocycles. The third kappa shape index (κ3) is 4.10. The lowest BCUT2D eigenvalue weighted by molar-refractivity contribution is 0.0889. The van der Waals surface area contributed by atoms with E-state index in [1.807, 2.05) is 38.2 Å². The summed E-state index contributed by atoms with van der Waals surface area (Å²) in [5, 5.41) is 3.12. The molecule has 1 fully saturated rings. The van der Waals surface area contributed by atoms with Crippen molar-refractivity contribution in [1.82, 2.24) is 15.3 Å². The number of hydrogen-bond donors (Lipinski definition) is 1. The molecule has 3 rings (SSSR count). The van der Waals surface area contributed by atoms with Gasteiger partial charge in [-0.15, -0.1) is 0 Å². The molecule has 0 radical (unpaired) electrons. The van der Waals surface area contributed by atoms with Crippen LogP contribution in [0.4, 0.5) is 0 Å². The van der Waals surface area contributed by atoms with Crippen molar-refractivity contribution in [1.29, 1.82) is 0 Å². The minimum Gasteiger partial charge on any atom is -0.474 e. The molecule has 1 aliphatic rings. The molecule has 0 aromatic carbocycles. The molecule has 126 valence electrons. The molecule has 2 heterocycles. The lowest BCUT2D eigenvalue weighted by Crippen LogP contribution is -2.40. The fourth-order valence-electron chi connectivity index (χ4n) is 3.01. The molecule has 5 nitrogen and oxygen atoms in total. The third-order valence-electron chi connectivity index (χ3n) is 4.43. The highest BCUT2D eigenvalue weighted by atomic mass is 16.5. The molecular weight excluding hydrogens is 302 g/mol. The second-order valence-corrected chi connectivity index (χ2v) is 6.38. The van der Waals surface area contributed by atoms with Gasteiger partial charge in [0, 0.05) is 30.2 Å². The van der Waals surface area contributed by atoms with Crippen LogP contribution in [-0.4, -0.2) is 28.0 Å². The van der Waals surface area contributed by atoms with E-state index in [9.17, 15) is 4.79 Å². The van der Waals surface area contributed by atoms with Crippen LogP contribution in [0.15, 0.2) is 36.7 Å². The van der Waals surface area contributed by atoms with Crippen molar-refractivity contribution >= 4 is 5.91 Å². The van der Waals surface area contributed by atoms with Gasteiger partial charge in [0.1, 0.15) is 6.10 Å². The van der Waals surface area contributed by atoms with Gasteiger partial charge in [-0.05, 0) is 57.2 Å². The van der Waals surface area contributed by atoms with Crippen LogP contribution >= 0.6 is 0 Å². The first-order chi connectivity index (χ1) is 11.6. The zero-order chi connectivity index (χ0) is 16.9. The fraction of sp³-hybridized carbons (Fsp3) is 0.421. The molecule has 0 spiro atoms. The van der Waals surface area contributed by atoms with Gasteiger partial charge >= 0.3 is 0 Å². The molecule has 0 saturated heterocycles. The van der Waals surface area contributed by atoms with Gasteiger partial charge in [0.25, 0.3) is 5.91 Å². The van der Waals surface area contributed by atoms with Crippen LogP contribution in [0.2, 0.25) is 0 Å². The second-order valence-electron chi connectivity index (χ2n) is 6.38. The van der Waals surface area contributed by atoms with Gasteiger partial charge in [-0.1, -0.05) is 6.07 Å². The van der Waals surface area contributed by atoms with E-state index >= 15 is 0 Å². The summed E-state index contributed by atoms with van der Waals surface area (Å²) in [4.78, 5) is 20.8. The molecular formula is C19H23N3O2. The van der Waals surface area contributed by atoms with Gasteiger partial charge in [0.05, 0.1) is 5.56 Å². The van der Waals surface area contributed by atoms with Gasteiger partial charge < -0.3 is 10.1 Å². The smallest absolute Gasteiger partial charge is 0.253 e. The molecule has 1 amide bonds. The maximum absolute atomic E-state index is 12.3. The van der Waals surface area contributed by atoms with E-state index in [-0.39, 0.29) is 18.1 Å². The summed E-state index contributed by atoms with van der Waals surface area (Å²) in [7, 11) is 0. The van der Waals surface area contributed by atoms with E-state index in [1.54, 1.807) is 12.3 Å². The molecule has 0 bridgehead atoms. The first-order valence-corrected chi connectivity index (χ1v) is 8.43. The normalized spacial score (nSPS) is 20.4. The summed E-state index contributed by atoms with van der Waals surface area (Å²) < 4.78 is 5.93. The topological polar surface area (TPSA) is 64.1 Å². The number of nitrogens with one attached hydrogen (secondary N) is 1. The summed E-state index contributed by atoms with van der Waals surface area (Å²) in [6, 6.07) is 7.72. The summed E-state index contributed by atoms with van der Waals surface area (Å²) in [5.41, 5.74) is 2.54. The summed E-state index contributed by atoms with van der Waals surface area (Å²) in [6.07, 6.45) is 7.38. The molecule has 1 N–H and O–H groups in total. The Bertz CT molecular complexity index is 692. The summed E-state index contributed by atoms with van der Waals surface area (Å²) in [5.74, 6) is 0.643. The van der Waals surface area contributed by atoms with Crippen molar-refractivity contribution in [3.63, 3.8) is 0 Å². The van der Waals surface area contributed by atoms with Gasteiger partial charge in [0.2, 0.25) is 5.88 Å². The number of nitrogens with zero attached hydrogens (tertiary/aromatic N) is 2. The van der Waals surface area contributed by atoms with Crippen molar-refractivity contribution in [2.45, 2.75) is 51.7 Å². The number of ether oxygens (including phenoxy) is 1. The Kier molecular flexibility index (Phi) is 5.08. The van der Waals surface area contributed by atoms with Crippen LogP contribution in [-0.2, 0) is 0 Å². The Labute approximate surface area is 142 Å². The average molecular weight is 325 g/mol. The fourth-order valence-corrected chi connectivity index (χ4v) is 3.01. The van der Waals surface area contributed by atoms with Crippen molar-refractivity contribution < 1.29 is 9.53 Å². The van der Waals surface area contributed by atoms with Crippen LogP contribution in [0, 0.1) is 13.8 Å². The van der Waals surface area contributed by atoms with Crippen molar-refractivity contribution in [3.8, 4) is 5.88 Å². The molecule has 0 unspecified atom stereocenters. The van der Waals surface area contributed by atoms with Gasteiger partial charge in [-0.2, -0.15) is 0 Å². The largest absolute Gasteiger partial charge is 0.474 e. The number of amides is 1. The highest BCUT2D eigenvalue weighted by Gasteiger charge is 2.24. The van der Waals surface area contributed by atoms with Crippen molar-refractivity contribution in [2.24, 2.45) is 0 Å². The van der Waals surface area contributed by atoms with E-state index in [2.05, 4.69) is 15.3 Å². The monoisotopic (exact) mass is 325 g/mol. The van der Waals surface area contributed by atoms with Gasteiger partial charge in [-0.25, -0.2) is 4.98 Å². The lowest BCUT2D eigenvalue weighted by Gasteiger charge is -2.29. The molecule has 24 heavy (non-hydrogen) atoms. The van der Waals surface area contributed by atoms with Crippen LogP contribution in [0.1, 0.15) is 47.3 Å². The standard InChI is InChI=1S/C19H23N3O2/c1-13-5-10-18(21-12-13)24-16-8-6-15(7-9-16)22-19(23)17-4-3-11-20-14(17)2/h3-5,10-12,15-16H,6-9H2,1-2H3,(H,22,23). The number of rotatable bonds is 4. The lowest BCUT2D eigenvalue weighted by atomic mass is 9.92. The molecule has 2 aromatic heterocycles.